The number of anilines is 2. The zero-order chi connectivity index (χ0) is 22.4. The van der Waals surface area contributed by atoms with Gasteiger partial charge >= 0.3 is 11.9 Å². The number of hydrogen-bond acceptors (Lipinski definition) is 7. The number of benzene rings is 1. The normalized spacial score (nSPS) is 15.0. The first kappa shape index (κ1) is 22.8. The molecule has 0 bridgehead atoms. The second-order valence-electron chi connectivity index (χ2n) is 7.48. The number of fused-ring (bicyclic) bond motifs is 1. The summed E-state index contributed by atoms with van der Waals surface area (Å²) in [5, 5.41) is 6.43. The summed E-state index contributed by atoms with van der Waals surface area (Å²) in [6.07, 6.45) is 2.74. The highest BCUT2D eigenvalue weighted by molar-refractivity contribution is 7.17. The summed E-state index contributed by atoms with van der Waals surface area (Å²) in [6.45, 7) is 6.28. The highest BCUT2D eigenvalue weighted by atomic mass is 32.1. The number of carbonyl (C=O) groups excluding carboxylic acids is 3. The van der Waals surface area contributed by atoms with Crippen LogP contribution in [0.3, 0.4) is 0 Å². The van der Waals surface area contributed by atoms with Gasteiger partial charge in [0, 0.05) is 10.6 Å². The number of rotatable bonds is 8. The van der Waals surface area contributed by atoms with Crippen molar-refractivity contribution in [3.8, 4) is 0 Å². The van der Waals surface area contributed by atoms with Gasteiger partial charge < -0.3 is 20.1 Å². The van der Waals surface area contributed by atoms with Crippen LogP contribution in [0.4, 0.5) is 10.7 Å². The van der Waals surface area contributed by atoms with E-state index in [4.69, 9.17) is 9.47 Å². The molecule has 7 nitrogen and oxygen atoms in total. The van der Waals surface area contributed by atoms with Gasteiger partial charge in [0.25, 0.3) is 0 Å². The summed E-state index contributed by atoms with van der Waals surface area (Å²) in [4.78, 5) is 38.2. The van der Waals surface area contributed by atoms with Gasteiger partial charge in [0.1, 0.15) is 5.00 Å². The van der Waals surface area contributed by atoms with Gasteiger partial charge in [-0.2, -0.15) is 0 Å². The summed E-state index contributed by atoms with van der Waals surface area (Å²) in [5.74, 6) is -0.523. The Kier molecular flexibility index (Phi) is 7.68. The van der Waals surface area contributed by atoms with Gasteiger partial charge in [-0.15, -0.1) is 11.3 Å². The smallest absolute Gasteiger partial charge is 0.341 e. The van der Waals surface area contributed by atoms with Gasteiger partial charge in [-0.3, -0.25) is 4.79 Å². The largest absolute Gasteiger partial charge is 0.462 e. The third-order valence-corrected chi connectivity index (χ3v) is 6.24. The van der Waals surface area contributed by atoms with Crippen molar-refractivity contribution in [1.29, 1.82) is 0 Å². The van der Waals surface area contributed by atoms with Crippen LogP contribution in [0.15, 0.2) is 24.3 Å². The molecule has 166 valence electrons. The summed E-state index contributed by atoms with van der Waals surface area (Å²) in [6, 6.07) is 6.79. The molecular weight excluding hydrogens is 416 g/mol. The molecule has 8 heteroatoms. The number of esters is 2. The Morgan fingerprint density at radius 3 is 2.61 bits per heavy atom. The molecule has 1 atom stereocenters. The van der Waals surface area contributed by atoms with Gasteiger partial charge in [0.05, 0.1) is 30.9 Å². The Morgan fingerprint density at radius 1 is 1.13 bits per heavy atom. The quantitative estimate of drug-likeness (QED) is 0.591. The third kappa shape index (κ3) is 5.64. The van der Waals surface area contributed by atoms with E-state index in [1.807, 2.05) is 0 Å². The molecule has 0 radical (unpaired) electrons. The molecule has 1 unspecified atom stereocenters. The molecule has 1 amide bonds. The first-order valence-corrected chi connectivity index (χ1v) is 11.4. The molecule has 1 heterocycles. The SMILES string of the molecule is CCOC(=O)c1cccc(NCC(=O)Nc2sc3c(c2C(=O)OCC)CCC(C)C3)c1. The monoisotopic (exact) mass is 444 g/mol. The molecule has 1 aliphatic rings. The fourth-order valence-corrected chi connectivity index (χ4v) is 5.00. The van der Waals surface area contributed by atoms with Crippen molar-refractivity contribution in [1.82, 2.24) is 0 Å². The number of amides is 1. The number of carbonyl (C=O) groups is 3. The third-order valence-electron chi connectivity index (χ3n) is 5.07. The molecule has 1 aromatic carbocycles. The predicted molar refractivity (Wildman–Crippen MR) is 121 cm³/mol. The number of hydrogen-bond donors (Lipinski definition) is 2. The van der Waals surface area contributed by atoms with Crippen LogP contribution >= 0.6 is 11.3 Å². The maximum atomic E-state index is 12.6. The lowest BCUT2D eigenvalue weighted by Crippen LogP contribution is -2.23. The highest BCUT2D eigenvalue weighted by Crippen LogP contribution is 2.40. The number of nitrogens with one attached hydrogen (secondary N) is 2. The van der Waals surface area contributed by atoms with Gasteiger partial charge in [0.2, 0.25) is 5.91 Å². The maximum absolute atomic E-state index is 12.6. The van der Waals surface area contributed by atoms with Crippen molar-refractivity contribution in [2.75, 3.05) is 30.4 Å². The number of ether oxygens (including phenoxy) is 2. The van der Waals surface area contributed by atoms with Crippen LogP contribution < -0.4 is 10.6 Å². The second-order valence-corrected chi connectivity index (χ2v) is 8.58. The summed E-state index contributed by atoms with van der Waals surface area (Å²) < 4.78 is 10.2. The minimum atomic E-state index is -0.409. The van der Waals surface area contributed by atoms with Crippen LogP contribution in [0.1, 0.15) is 58.3 Å². The average Bonchev–Trinajstić information content (AvgIpc) is 3.09. The topological polar surface area (TPSA) is 93.7 Å². The van der Waals surface area contributed by atoms with E-state index < -0.39 is 5.97 Å². The Morgan fingerprint density at radius 2 is 1.87 bits per heavy atom. The molecule has 0 spiro atoms. The van der Waals surface area contributed by atoms with Crippen molar-refractivity contribution in [2.45, 2.75) is 40.0 Å². The molecule has 1 aromatic heterocycles. The van der Waals surface area contributed by atoms with Crippen LogP contribution in [0.5, 0.6) is 0 Å². The zero-order valence-electron chi connectivity index (χ0n) is 18.1. The molecule has 1 aliphatic carbocycles. The Bertz CT molecular complexity index is 969. The van der Waals surface area contributed by atoms with Crippen molar-refractivity contribution < 1.29 is 23.9 Å². The van der Waals surface area contributed by atoms with E-state index in [-0.39, 0.29) is 25.0 Å². The van der Waals surface area contributed by atoms with Crippen LogP contribution in [-0.4, -0.2) is 37.6 Å². The Balaban J connectivity index is 1.70. The first-order chi connectivity index (χ1) is 14.9. The van der Waals surface area contributed by atoms with Gasteiger partial charge in [0.15, 0.2) is 0 Å². The van der Waals surface area contributed by atoms with E-state index in [0.717, 1.165) is 29.7 Å². The predicted octanol–water partition coefficient (Wildman–Crippen LogP) is 4.28. The second kappa shape index (κ2) is 10.4. The van der Waals surface area contributed by atoms with Gasteiger partial charge in [-0.1, -0.05) is 13.0 Å². The maximum Gasteiger partial charge on any atom is 0.341 e. The Hall–Kier alpha value is -2.87. The van der Waals surface area contributed by atoms with Gasteiger partial charge in [-0.05, 0) is 62.8 Å². The van der Waals surface area contributed by atoms with Crippen molar-refractivity contribution >= 4 is 39.9 Å². The molecule has 0 saturated carbocycles. The zero-order valence-corrected chi connectivity index (χ0v) is 18.9. The summed E-state index contributed by atoms with van der Waals surface area (Å²) in [7, 11) is 0. The summed E-state index contributed by atoms with van der Waals surface area (Å²) in [5.41, 5.74) is 2.54. The van der Waals surface area contributed by atoms with Gasteiger partial charge in [-0.25, -0.2) is 9.59 Å². The lowest BCUT2D eigenvalue weighted by atomic mass is 9.88. The molecule has 3 rings (SSSR count). The minimum absolute atomic E-state index is 0.00643. The van der Waals surface area contributed by atoms with E-state index in [1.54, 1.807) is 38.1 Å². The van der Waals surface area contributed by atoms with Crippen LogP contribution in [0, 0.1) is 5.92 Å². The fraction of sp³-hybridized carbons (Fsp3) is 0.435. The minimum Gasteiger partial charge on any atom is -0.462 e. The van der Waals surface area contributed by atoms with Crippen LogP contribution in [0.25, 0.3) is 0 Å². The molecule has 31 heavy (non-hydrogen) atoms. The first-order valence-electron chi connectivity index (χ1n) is 10.5. The van der Waals surface area contributed by atoms with Crippen LogP contribution in [0.2, 0.25) is 0 Å². The average molecular weight is 445 g/mol. The number of thiophene rings is 1. The van der Waals surface area contributed by atoms with Crippen molar-refractivity contribution in [3.05, 3.63) is 45.8 Å². The molecule has 0 aliphatic heterocycles. The lowest BCUT2D eigenvalue weighted by Gasteiger charge is -2.18. The Labute approximate surface area is 186 Å². The molecule has 2 N–H and O–H groups in total. The van der Waals surface area contributed by atoms with Crippen LogP contribution in [-0.2, 0) is 27.1 Å². The summed E-state index contributed by atoms with van der Waals surface area (Å²) >= 11 is 1.46. The van der Waals surface area contributed by atoms with E-state index >= 15 is 0 Å². The molecule has 0 saturated heterocycles. The van der Waals surface area contributed by atoms with E-state index in [2.05, 4.69) is 17.6 Å². The molecule has 0 fully saturated rings. The lowest BCUT2D eigenvalue weighted by molar-refractivity contribution is -0.114. The standard InChI is InChI=1S/C23H28N2O5S/c1-4-29-22(27)15-7-6-8-16(12-15)24-13-19(26)25-21-20(23(28)30-5-2)17-10-9-14(3)11-18(17)31-21/h6-8,12,14,24H,4-5,9-11,13H2,1-3H3,(H,25,26). The van der Waals surface area contributed by atoms with E-state index in [9.17, 15) is 14.4 Å². The van der Waals surface area contributed by atoms with Crippen molar-refractivity contribution in [3.63, 3.8) is 0 Å². The highest BCUT2D eigenvalue weighted by Gasteiger charge is 2.29. The van der Waals surface area contributed by atoms with Crippen molar-refractivity contribution in [2.24, 2.45) is 5.92 Å². The molecule has 2 aromatic rings. The fourth-order valence-electron chi connectivity index (χ4n) is 3.58. The van der Waals surface area contributed by atoms with E-state index in [1.165, 1.54) is 11.3 Å². The van der Waals surface area contributed by atoms with E-state index in [0.29, 0.717) is 34.3 Å². The molecular formula is C23H28N2O5S.